The van der Waals surface area contributed by atoms with E-state index < -0.39 is 16.0 Å². The van der Waals surface area contributed by atoms with E-state index in [1.165, 1.54) is 0 Å². The zero-order chi connectivity index (χ0) is 8.91. The summed E-state index contributed by atoms with van der Waals surface area (Å²) >= 11 is 11.4. The molecule has 68 valence electrons. The minimum absolute atomic E-state index is 0.869. The van der Waals surface area contributed by atoms with Gasteiger partial charge in [0.15, 0.2) is 0 Å². The average molecular weight is 233 g/mol. The van der Waals surface area contributed by atoms with Crippen molar-refractivity contribution in [2.24, 2.45) is 0 Å². The Labute approximate surface area is 80.0 Å². The highest BCUT2D eigenvalue weighted by Gasteiger charge is 2.29. The van der Waals surface area contributed by atoms with Gasteiger partial charge in [-0.05, 0) is 18.6 Å². The lowest BCUT2D eigenvalue weighted by Crippen LogP contribution is -2.36. The summed E-state index contributed by atoms with van der Waals surface area (Å²) in [6.45, 7) is 2.01. The van der Waals surface area contributed by atoms with E-state index in [0.29, 0.717) is 0 Å². The zero-order valence-electron chi connectivity index (χ0n) is 7.06. The Kier molecular flexibility index (Phi) is 6.03. The van der Waals surface area contributed by atoms with Gasteiger partial charge in [-0.1, -0.05) is 0 Å². The van der Waals surface area contributed by atoms with Crippen molar-refractivity contribution in [3.63, 3.8) is 0 Å². The number of halogens is 2. The van der Waals surface area contributed by atoms with Crippen LogP contribution in [0.5, 0.6) is 0 Å². The molecule has 0 unspecified atom stereocenters. The minimum Gasteiger partial charge on any atom is -0.398 e. The second-order valence-corrected chi connectivity index (χ2v) is 11.2. The Bertz CT molecular complexity index is 109. The van der Waals surface area contributed by atoms with Crippen LogP contribution >= 0.6 is 22.2 Å². The predicted molar refractivity (Wildman–Crippen MR) is 54.1 cm³/mol. The lowest BCUT2D eigenvalue weighted by Gasteiger charge is -2.22. The third-order valence-corrected chi connectivity index (χ3v) is 7.22. The van der Waals surface area contributed by atoms with Gasteiger partial charge in [0, 0.05) is 14.2 Å². The molecule has 0 rings (SSSR count). The van der Waals surface area contributed by atoms with Crippen molar-refractivity contribution in [3.05, 3.63) is 0 Å². The van der Waals surface area contributed by atoms with Crippen LogP contribution in [0.15, 0.2) is 0 Å². The lowest BCUT2D eigenvalue weighted by molar-refractivity contribution is 0.251. The molecule has 0 aliphatic carbocycles. The van der Waals surface area contributed by atoms with Gasteiger partial charge >= 0.3 is 8.56 Å². The molecule has 0 aromatic rings. The molecule has 0 atom stereocenters. The molecule has 11 heavy (non-hydrogen) atoms. The number of rotatable bonds is 5. The maximum absolute atomic E-state index is 5.71. The second kappa shape index (κ2) is 5.56. The van der Waals surface area contributed by atoms with Crippen molar-refractivity contribution >= 4 is 38.1 Å². The van der Waals surface area contributed by atoms with Crippen molar-refractivity contribution in [1.82, 2.24) is 0 Å². The summed E-state index contributed by atoms with van der Waals surface area (Å²) in [6, 6.07) is 1.76. The first-order valence-electron chi connectivity index (χ1n) is 3.42. The molecule has 0 fully saturated rings. The quantitative estimate of drug-likeness (QED) is 0.534. The summed E-state index contributed by atoms with van der Waals surface area (Å²) in [6.07, 6.45) is 0. The smallest absolute Gasteiger partial charge is 0.334 e. The largest absolute Gasteiger partial charge is 0.398 e. The van der Waals surface area contributed by atoms with Gasteiger partial charge in [-0.25, -0.2) is 0 Å². The minimum atomic E-state index is -1.89. The van der Waals surface area contributed by atoms with E-state index in [0.717, 1.165) is 12.1 Å². The molecule has 6 heteroatoms. The van der Waals surface area contributed by atoms with Gasteiger partial charge in [-0.15, -0.1) is 0 Å². The van der Waals surface area contributed by atoms with Crippen LogP contribution in [-0.4, -0.2) is 30.2 Å². The maximum atomic E-state index is 5.71. The number of hydrogen-bond donors (Lipinski definition) is 0. The van der Waals surface area contributed by atoms with Crippen LogP contribution in [0.25, 0.3) is 0 Å². The van der Waals surface area contributed by atoms with Gasteiger partial charge < -0.3 is 8.85 Å². The van der Waals surface area contributed by atoms with E-state index in [-0.39, 0.29) is 0 Å². The van der Waals surface area contributed by atoms with Crippen molar-refractivity contribution in [3.8, 4) is 0 Å². The number of hydrogen-bond acceptors (Lipinski definition) is 2. The Hall–Kier alpha value is 0.934. The third-order valence-electron chi connectivity index (χ3n) is 1.68. The van der Waals surface area contributed by atoms with Crippen LogP contribution in [-0.2, 0) is 8.85 Å². The van der Waals surface area contributed by atoms with Crippen LogP contribution in [0.1, 0.15) is 0 Å². The zero-order valence-corrected chi connectivity index (χ0v) is 10.7. The maximum Gasteiger partial charge on any atom is 0.334 e. The lowest BCUT2D eigenvalue weighted by atomic mass is 10.9. The van der Waals surface area contributed by atoms with E-state index >= 15 is 0 Å². The van der Waals surface area contributed by atoms with Crippen molar-refractivity contribution in [2.45, 2.75) is 18.6 Å². The summed E-state index contributed by atoms with van der Waals surface area (Å²) in [4.78, 5) is 0. The molecule has 0 aromatic heterocycles. The van der Waals surface area contributed by atoms with Gasteiger partial charge in [0.2, 0.25) is 7.42 Å². The normalized spacial score (nSPS) is 12.5. The summed E-state index contributed by atoms with van der Waals surface area (Å²) in [5, 5.41) is 0. The summed E-state index contributed by atoms with van der Waals surface area (Å²) in [7, 11) is -0.0226. The highest BCUT2D eigenvalue weighted by atomic mass is 35.7. The first kappa shape index (κ1) is 11.9. The Morgan fingerprint density at radius 3 is 2.00 bits per heavy atom. The van der Waals surface area contributed by atoms with E-state index in [4.69, 9.17) is 31.0 Å². The average Bonchev–Trinajstić information content (AvgIpc) is 2.00. The molecule has 0 heterocycles. The Balaban J connectivity index is 3.69. The van der Waals surface area contributed by atoms with Crippen LogP contribution in [0.3, 0.4) is 0 Å². The van der Waals surface area contributed by atoms with Gasteiger partial charge in [0.25, 0.3) is 0 Å². The van der Waals surface area contributed by atoms with Gasteiger partial charge in [-0.3, -0.25) is 0 Å². The second-order valence-electron chi connectivity index (χ2n) is 2.47. The topological polar surface area (TPSA) is 18.5 Å². The highest BCUT2D eigenvalue weighted by Crippen LogP contribution is 2.18. The van der Waals surface area contributed by atoms with Crippen LogP contribution in [0, 0.1) is 0 Å². The van der Waals surface area contributed by atoms with Crippen LogP contribution in [0.4, 0.5) is 0 Å². The van der Waals surface area contributed by atoms with E-state index in [2.05, 4.69) is 0 Å². The molecule has 0 saturated carbocycles. The van der Waals surface area contributed by atoms with Gasteiger partial charge in [-0.2, -0.15) is 22.2 Å². The molecule has 0 bridgehead atoms. The molecule has 2 nitrogen and oxygen atoms in total. The van der Waals surface area contributed by atoms with E-state index in [1.807, 2.05) is 6.55 Å². The fourth-order valence-corrected chi connectivity index (χ4v) is 6.17. The molecule has 0 aliphatic rings. The van der Waals surface area contributed by atoms with E-state index in [9.17, 15) is 0 Å². The fourth-order valence-electron chi connectivity index (χ4n) is 0.659. The van der Waals surface area contributed by atoms with Crippen molar-refractivity contribution < 1.29 is 8.85 Å². The first-order valence-corrected chi connectivity index (χ1v) is 10.3. The Morgan fingerprint density at radius 2 is 1.73 bits per heavy atom. The van der Waals surface area contributed by atoms with E-state index in [1.54, 1.807) is 14.2 Å². The highest BCUT2D eigenvalue weighted by molar-refractivity contribution is 7.33. The molecule has 0 N–H and O–H groups in total. The third kappa shape index (κ3) is 5.22. The molecule has 0 radical (unpaired) electrons. The van der Waals surface area contributed by atoms with Crippen molar-refractivity contribution in [2.75, 3.05) is 14.2 Å². The first-order chi connectivity index (χ1) is 5.04. The van der Waals surface area contributed by atoms with Gasteiger partial charge in [0.1, 0.15) is 0 Å². The standard InChI is InChI=1S/C5H14Cl2O2Si2/c1-8-11(3,9-2)5-4-10(6)7/h10H,4-5H2,1-3H3. The van der Waals surface area contributed by atoms with Crippen LogP contribution in [0.2, 0.25) is 18.6 Å². The molecule has 0 spiro atoms. The monoisotopic (exact) mass is 232 g/mol. The summed E-state index contributed by atoms with van der Waals surface area (Å²) in [5.41, 5.74) is 0. The molecule has 0 aromatic carbocycles. The molecule has 0 aliphatic heterocycles. The Morgan fingerprint density at radius 1 is 1.27 bits per heavy atom. The van der Waals surface area contributed by atoms with Crippen LogP contribution < -0.4 is 0 Å². The molecular formula is C5H14Cl2O2Si2. The summed E-state index contributed by atoms with van der Waals surface area (Å²) in [5.74, 6) is 0. The molecule has 0 amide bonds. The van der Waals surface area contributed by atoms with Gasteiger partial charge in [0.05, 0.1) is 0 Å². The SMILES string of the molecule is CO[Si](C)(CC[SiH](Cl)Cl)OC. The fraction of sp³-hybridized carbons (Fsp3) is 1.00. The predicted octanol–water partition coefficient (Wildman–Crippen LogP) is 2.05. The molecule has 0 saturated heterocycles. The molecular weight excluding hydrogens is 219 g/mol. The van der Waals surface area contributed by atoms with Crippen molar-refractivity contribution in [1.29, 1.82) is 0 Å². The summed E-state index contributed by atoms with van der Waals surface area (Å²) < 4.78 is 10.5.